The van der Waals surface area contributed by atoms with Crippen LogP contribution in [0.1, 0.15) is 46.5 Å². The summed E-state index contributed by atoms with van der Waals surface area (Å²) in [6.45, 7) is 7.51. The lowest BCUT2D eigenvalue weighted by atomic mass is 9.58. The Balaban J connectivity index is 1.48. The molecular formula is C19H31NO6S. The fraction of sp³-hybridized carbons (Fsp3) is 1.00. The van der Waals surface area contributed by atoms with Gasteiger partial charge in [-0.2, -0.15) is 0 Å². The lowest BCUT2D eigenvalue weighted by Gasteiger charge is -2.61. The molecule has 27 heavy (non-hydrogen) atoms. The number of rotatable bonds is 1. The monoisotopic (exact) mass is 401 g/mol. The van der Waals surface area contributed by atoms with Gasteiger partial charge in [0.2, 0.25) is 5.79 Å². The molecule has 5 aliphatic heterocycles. The van der Waals surface area contributed by atoms with Gasteiger partial charge in [-0.05, 0) is 38.0 Å². The Morgan fingerprint density at radius 2 is 1.74 bits per heavy atom. The van der Waals surface area contributed by atoms with E-state index in [4.69, 9.17) is 19.2 Å². The number of sulfone groups is 1. The molecule has 6 rings (SSSR count). The quantitative estimate of drug-likeness (QED) is 0.622. The summed E-state index contributed by atoms with van der Waals surface area (Å²) in [6.07, 6.45) is 3.46. The van der Waals surface area contributed by atoms with E-state index in [1.165, 1.54) is 6.42 Å². The second-order valence-electron chi connectivity index (χ2n) is 9.48. The summed E-state index contributed by atoms with van der Waals surface area (Å²) in [4.78, 5) is 14.2. The lowest BCUT2D eigenvalue weighted by Crippen LogP contribution is -2.72. The highest BCUT2D eigenvalue weighted by Gasteiger charge is 2.69. The van der Waals surface area contributed by atoms with Gasteiger partial charge in [0.05, 0.1) is 11.5 Å². The molecule has 0 aromatic rings. The molecule has 2 bridgehead atoms. The average Bonchev–Trinajstić information content (AvgIpc) is 2.85. The lowest BCUT2D eigenvalue weighted by molar-refractivity contribution is -0.574. The first-order chi connectivity index (χ1) is 12.7. The highest BCUT2D eigenvalue weighted by molar-refractivity contribution is 7.91. The van der Waals surface area contributed by atoms with Crippen molar-refractivity contribution < 1.29 is 27.7 Å². The van der Waals surface area contributed by atoms with E-state index < -0.39 is 27.5 Å². The van der Waals surface area contributed by atoms with E-state index in [0.717, 1.165) is 19.3 Å². The van der Waals surface area contributed by atoms with Crippen LogP contribution in [0.5, 0.6) is 0 Å². The zero-order valence-electron chi connectivity index (χ0n) is 16.4. The molecule has 0 amide bonds. The number of hydrogen-bond acceptors (Lipinski definition) is 7. The minimum absolute atomic E-state index is 0.137. The summed E-state index contributed by atoms with van der Waals surface area (Å²) in [5.74, 6) is 1.05. The third-order valence-corrected chi connectivity index (χ3v) is 9.47. The predicted molar refractivity (Wildman–Crippen MR) is 97.1 cm³/mol. The maximum Gasteiger partial charge on any atom is 0.201 e. The largest absolute Gasteiger partial charge is 0.331 e. The van der Waals surface area contributed by atoms with Gasteiger partial charge >= 0.3 is 0 Å². The van der Waals surface area contributed by atoms with Crippen molar-refractivity contribution in [3.63, 3.8) is 0 Å². The van der Waals surface area contributed by atoms with E-state index in [-0.39, 0.29) is 29.6 Å². The van der Waals surface area contributed by atoms with Crippen LogP contribution in [0.15, 0.2) is 0 Å². The zero-order chi connectivity index (χ0) is 19.0. The molecule has 154 valence electrons. The molecule has 8 atom stereocenters. The highest BCUT2D eigenvalue weighted by atomic mass is 32.2. The molecule has 1 saturated carbocycles. The van der Waals surface area contributed by atoms with Crippen molar-refractivity contribution in [3.05, 3.63) is 0 Å². The van der Waals surface area contributed by atoms with Crippen LogP contribution >= 0.6 is 0 Å². The van der Waals surface area contributed by atoms with Gasteiger partial charge in [0, 0.05) is 31.3 Å². The van der Waals surface area contributed by atoms with Gasteiger partial charge in [-0.3, -0.25) is 4.90 Å². The van der Waals surface area contributed by atoms with E-state index in [0.29, 0.717) is 24.9 Å². The molecule has 8 heteroatoms. The summed E-state index contributed by atoms with van der Waals surface area (Å²) in [5, 5.41) is 0. The fourth-order valence-electron chi connectivity index (χ4n) is 6.29. The van der Waals surface area contributed by atoms with Gasteiger partial charge < -0.3 is 9.47 Å². The number of nitrogens with zero attached hydrogens (tertiary/aromatic N) is 1. The molecular weight excluding hydrogens is 370 g/mol. The van der Waals surface area contributed by atoms with E-state index in [9.17, 15) is 8.42 Å². The minimum Gasteiger partial charge on any atom is -0.331 e. The van der Waals surface area contributed by atoms with Crippen LogP contribution in [0.4, 0.5) is 0 Å². The summed E-state index contributed by atoms with van der Waals surface area (Å²) in [5.41, 5.74) is -0.550. The van der Waals surface area contributed by atoms with Gasteiger partial charge in [-0.25, -0.2) is 18.2 Å². The molecule has 1 aliphatic carbocycles. The van der Waals surface area contributed by atoms with Gasteiger partial charge in [0.1, 0.15) is 6.23 Å². The smallest absolute Gasteiger partial charge is 0.201 e. The van der Waals surface area contributed by atoms with Gasteiger partial charge in [0.15, 0.2) is 21.7 Å². The Morgan fingerprint density at radius 3 is 2.48 bits per heavy atom. The predicted octanol–water partition coefficient (Wildman–Crippen LogP) is 1.92. The van der Waals surface area contributed by atoms with Crippen molar-refractivity contribution in [1.82, 2.24) is 4.90 Å². The highest BCUT2D eigenvalue weighted by Crippen LogP contribution is 2.60. The third-order valence-electron chi connectivity index (χ3n) is 7.86. The van der Waals surface area contributed by atoms with Crippen LogP contribution in [0.2, 0.25) is 0 Å². The van der Waals surface area contributed by atoms with Crippen LogP contribution in [0.3, 0.4) is 0 Å². The molecule has 1 spiro atoms. The second kappa shape index (κ2) is 6.12. The van der Waals surface area contributed by atoms with Crippen LogP contribution in [-0.2, 0) is 29.1 Å². The van der Waals surface area contributed by atoms with E-state index in [1.54, 1.807) is 0 Å². The van der Waals surface area contributed by atoms with E-state index >= 15 is 0 Å². The van der Waals surface area contributed by atoms with Gasteiger partial charge in [-0.1, -0.05) is 13.8 Å². The minimum atomic E-state index is -2.92. The summed E-state index contributed by atoms with van der Waals surface area (Å²) in [7, 11) is -2.92. The third kappa shape index (κ3) is 2.74. The summed E-state index contributed by atoms with van der Waals surface area (Å²) in [6, 6.07) is 0. The SMILES string of the molecule is CC1CCC2[C@@H](C)[C@H](N3CCS(=O)(=O)CC3)OC3OC4(C)CCC1C32OO4. The van der Waals surface area contributed by atoms with Crippen LogP contribution < -0.4 is 0 Å². The molecule has 5 saturated heterocycles. The number of hydrogen-bond donors (Lipinski definition) is 0. The second-order valence-corrected chi connectivity index (χ2v) is 11.8. The molecule has 0 N–H and O–H groups in total. The zero-order valence-corrected chi connectivity index (χ0v) is 17.2. The van der Waals surface area contributed by atoms with Gasteiger partial charge in [0.25, 0.3) is 0 Å². The van der Waals surface area contributed by atoms with Crippen LogP contribution in [-0.4, -0.2) is 61.8 Å². The topological polar surface area (TPSA) is 74.3 Å². The summed E-state index contributed by atoms with van der Waals surface area (Å²) < 4.78 is 36.7. The van der Waals surface area contributed by atoms with Crippen molar-refractivity contribution in [3.8, 4) is 0 Å². The normalized spacial score (nSPS) is 54.9. The standard InChI is InChI=1S/C19H31NO6S/c1-12-4-5-15-13(2)16(20-8-10-27(21,22)11-9-20)23-17-19(15)14(12)6-7-18(3,24-17)25-26-19/h12-17H,4-11H2,1-3H3/t12?,13-,14?,15?,16-,17?,18?,19?/m1/s1. The molecule has 0 radical (unpaired) electrons. The average molecular weight is 402 g/mol. The molecule has 0 aromatic heterocycles. The van der Waals surface area contributed by atoms with Crippen molar-refractivity contribution >= 4 is 9.84 Å². The summed E-state index contributed by atoms with van der Waals surface area (Å²) >= 11 is 0. The van der Waals surface area contributed by atoms with Crippen LogP contribution in [0.25, 0.3) is 0 Å². The first kappa shape index (κ1) is 18.8. The molecule has 0 aromatic carbocycles. The maximum absolute atomic E-state index is 11.9. The van der Waals surface area contributed by atoms with Crippen molar-refractivity contribution in [2.24, 2.45) is 23.7 Å². The Bertz CT molecular complexity index is 701. The molecule has 6 fully saturated rings. The van der Waals surface area contributed by atoms with Crippen molar-refractivity contribution in [2.45, 2.75) is 70.4 Å². The Labute approximate surface area is 161 Å². The first-order valence-electron chi connectivity index (χ1n) is 10.4. The van der Waals surface area contributed by atoms with Crippen molar-refractivity contribution in [2.75, 3.05) is 24.6 Å². The fourth-order valence-corrected chi connectivity index (χ4v) is 7.51. The molecule has 5 heterocycles. The number of fused-ring (bicyclic) bond motifs is 2. The molecule has 6 unspecified atom stereocenters. The van der Waals surface area contributed by atoms with E-state index in [1.807, 2.05) is 6.92 Å². The van der Waals surface area contributed by atoms with Crippen molar-refractivity contribution in [1.29, 1.82) is 0 Å². The maximum atomic E-state index is 11.9. The Morgan fingerprint density at radius 1 is 1.00 bits per heavy atom. The first-order valence-corrected chi connectivity index (χ1v) is 12.2. The van der Waals surface area contributed by atoms with E-state index in [2.05, 4.69) is 18.7 Å². The molecule has 6 aliphatic rings. The number of ether oxygens (including phenoxy) is 2. The molecule has 7 nitrogen and oxygen atoms in total. The Hall–Kier alpha value is -0.250. The van der Waals surface area contributed by atoms with Crippen LogP contribution in [0, 0.1) is 23.7 Å². The Kier molecular flexibility index (Phi) is 4.25. The van der Waals surface area contributed by atoms with Gasteiger partial charge in [-0.15, -0.1) is 0 Å².